The molecule has 2 N–H and O–H groups in total. The van der Waals surface area contributed by atoms with Crippen LogP contribution in [0.1, 0.15) is 22.0 Å². The van der Waals surface area contributed by atoms with Crippen molar-refractivity contribution in [3.63, 3.8) is 0 Å². The molecule has 23 heavy (non-hydrogen) atoms. The van der Waals surface area contributed by atoms with Crippen LogP contribution in [-0.4, -0.2) is 31.7 Å². The molecule has 0 aliphatic rings. The number of hydrogen-bond donors (Lipinski definition) is 2. The molecule has 4 nitrogen and oxygen atoms in total. The fraction of sp³-hybridized carbons (Fsp3) is 0.235. The average Bonchev–Trinajstić information content (AvgIpc) is 2.52. The van der Waals surface area contributed by atoms with E-state index in [-0.39, 0.29) is 18.0 Å². The zero-order valence-electron chi connectivity index (χ0n) is 12.9. The molecule has 0 saturated heterocycles. The van der Waals surface area contributed by atoms with Gasteiger partial charge in [-0.25, -0.2) is 8.78 Å². The van der Waals surface area contributed by atoms with Gasteiger partial charge in [0.2, 0.25) is 0 Å². The van der Waals surface area contributed by atoms with Crippen molar-refractivity contribution in [2.75, 3.05) is 25.5 Å². The third kappa shape index (κ3) is 4.26. The van der Waals surface area contributed by atoms with Crippen LogP contribution in [0.3, 0.4) is 0 Å². The van der Waals surface area contributed by atoms with Gasteiger partial charge in [-0.1, -0.05) is 6.07 Å². The van der Waals surface area contributed by atoms with Crippen LogP contribution >= 0.6 is 0 Å². The molecule has 0 bridgehead atoms. The van der Waals surface area contributed by atoms with Crippen molar-refractivity contribution in [2.45, 2.75) is 6.10 Å². The topological polar surface area (TPSA) is 52.6 Å². The fourth-order valence-corrected chi connectivity index (χ4v) is 2.08. The van der Waals surface area contributed by atoms with E-state index in [0.29, 0.717) is 11.6 Å². The van der Waals surface area contributed by atoms with Gasteiger partial charge in [-0.05, 0) is 30.3 Å². The number of aliphatic hydroxyl groups excluding tert-OH is 1. The number of halogens is 2. The minimum atomic E-state index is -1.25. The van der Waals surface area contributed by atoms with Gasteiger partial charge in [0.15, 0.2) is 0 Å². The summed E-state index contributed by atoms with van der Waals surface area (Å²) < 4.78 is 26.4. The molecule has 0 spiro atoms. The van der Waals surface area contributed by atoms with Crippen LogP contribution in [0.2, 0.25) is 0 Å². The average molecular weight is 320 g/mol. The van der Waals surface area contributed by atoms with Gasteiger partial charge in [0, 0.05) is 43.5 Å². The zero-order chi connectivity index (χ0) is 17.0. The minimum absolute atomic E-state index is 0.0605. The van der Waals surface area contributed by atoms with Crippen LogP contribution < -0.4 is 10.2 Å². The largest absolute Gasteiger partial charge is 0.386 e. The van der Waals surface area contributed by atoms with Gasteiger partial charge in [0.25, 0.3) is 5.91 Å². The number of nitrogens with one attached hydrogen (secondary N) is 1. The van der Waals surface area contributed by atoms with Gasteiger partial charge >= 0.3 is 0 Å². The molecule has 0 aliphatic heterocycles. The van der Waals surface area contributed by atoms with Crippen LogP contribution in [0.5, 0.6) is 0 Å². The van der Waals surface area contributed by atoms with E-state index < -0.39 is 17.7 Å². The van der Waals surface area contributed by atoms with Crippen LogP contribution in [0.25, 0.3) is 0 Å². The van der Waals surface area contributed by atoms with Crippen molar-refractivity contribution >= 4 is 11.6 Å². The highest BCUT2D eigenvalue weighted by Gasteiger charge is 2.15. The van der Waals surface area contributed by atoms with E-state index in [4.69, 9.17) is 0 Å². The van der Waals surface area contributed by atoms with Crippen LogP contribution in [0.4, 0.5) is 14.5 Å². The van der Waals surface area contributed by atoms with Crippen molar-refractivity contribution in [3.8, 4) is 0 Å². The fourth-order valence-electron chi connectivity index (χ4n) is 2.08. The number of aliphatic hydroxyl groups is 1. The molecule has 0 saturated carbocycles. The van der Waals surface area contributed by atoms with E-state index in [0.717, 1.165) is 17.8 Å². The lowest BCUT2D eigenvalue weighted by Crippen LogP contribution is -2.28. The minimum Gasteiger partial charge on any atom is -0.386 e. The van der Waals surface area contributed by atoms with E-state index in [1.807, 2.05) is 19.0 Å². The Morgan fingerprint density at radius 3 is 2.39 bits per heavy atom. The molecular weight excluding hydrogens is 302 g/mol. The van der Waals surface area contributed by atoms with Gasteiger partial charge in [-0.3, -0.25) is 4.79 Å². The van der Waals surface area contributed by atoms with Crippen LogP contribution in [0, 0.1) is 11.6 Å². The molecule has 1 amide bonds. The molecule has 0 radical (unpaired) electrons. The Morgan fingerprint density at radius 2 is 1.83 bits per heavy atom. The number of carbonyl (C=O) groups is 1. The number of carbonyl (C=O) groups excluding carboxylic acids is 1. The second-order valence-electron chi connectivity index (χ2n) is 5.33. The predicted molar refractivity (Wildman–Crippen MR) is 84.4 cm³/mol. The van der Waals surface area contributed by atoms with E-state index in [1.54, 1.807) is 24.3 Å². The second-order valence-corrected chi connectivity index (χ2v) is 5.33. The lowest BCUT2D eigenvalue weighted by molar-refractivity contribution is 0.0914. The summed E-state index contributed by atoms with van der Waals surface area (Å²) in [4.78, 5) is 13.9. The summed E-state index contributed by atoms with van der Waals surface area (Å²) in [6, 6.07) is 9.83. The number of amides is 1. The summed E-state index contributed by atoms with van der Waals surface area (Å²) in [6.45, 7) is -0.170. The lowest BCUT2D eigenvalue weighted by atomic mass is 10.1. The molecule has 122 valence electrons. The van der Waals surface area contributed by atoms with Gasteiger partial charge in [0.05, 0.1) is 6.10 Å². The number of rotatable bonds is 5. The van der Waals surface area contributed by atoms with Crippen molar-refractivity contribution in [2.24, 2.45) is 0 Å². The van der Waals surface area contributed by atoms with Gasteiger partial charge in [0.1, 0.15) is 11.6 Å². The first-order valence-corrected chi connectivity index (χ1v) is 7.07. The molecule has 2 aromatic rings. The maximum absolute atomic E-state index is 13.6. The zero-order valence-corrected chi connectivity index (χ0v) is 12.9. The van der Waals surface area contributed by atoms with Crippen molar-refractivity contribution in [3.05, 3.63) is 65.2 Å². The normalized spacial score (nSPS) is 11.9. The number of anilines is 1. The molecule has 0 unspecified atom stereocenters. The summed E-state index contributed by atoms with van der Waals surface area (Å²) in [6.07, 6.45) is -1.25. The Balaban J connectivity index is 1.98. The highest BCUT2D eigenvalue weighted by Crippen LogP contribution is 2.18. The van der Waals surface area contributed by atoms with Gasteiger partial charge < -0.3 is 15.3 Å². The maximum Gasteiger partial charge on any atom is 0.251 e. The summed E-state index contributed by atoms with van der Waals surface area (Å²) in [7, 11) is 3.78. The maximum atomic E-state index is 13.6. The number of hydrogen-bond acceptors (Lipinski definition) is 3. The second kappa shape index (κ2) is 7.19. The molecule has 0 aliphatic carbocycles. The van der Waals surface area contributed by atoms with E-state index >= 15 is 0 Å². The smallest absolute Gasteiger partial charge is 0.251 e. The monoisotopic (exact) mass is 320 g/mol. The molecule has 0 aromatic heterocycles. The summed E-state index contributed by atoms with van der Waals surface area (Å²) in [5.41, 5.74) is 1.33. The Kier molecular flexibility index (Phi) is 5.28. The quantitative estimate of drug-likeness (QED) is 0.890. The van der Waals surface area contributed by atoms with Crippen LogP contribution in [-0.2, 0) is 0 Å². The lowest BCUT2D eigenvalue weighted by Gasteiger charge is -2.14. The van der Waals surface area contributed by atoms with E-state index in [1.165, 1.54) is 0 Å². The summed E-state index contributed by atoms with van der Waals surface area (Å²) >= 11 is 0. The van der Waals surface area contributed by atoms with Gasteiger partial charge in [-0.2, -0.15) is 0 Å². The number of benzene rings is 2. The molecule has 2 aromatic carbocycles. The first-order chi connectivity index (χ1) is 10.9. The number of nitrogens with zero attached hydrogens (tertiary/aromatic N) is 1. The molecule has 0 heterocycles. The van der Waals surface area contributed by atoms with E-state index in [9.17, 15) is 18.7 Å². The van der Waals surface area contributed by atoms with E-state index in [2.05, 4.69) is 5.32 Å². The van der Waals surface area contributed by atoms with Crippen molar-refractivity contribution in [1.82, 2.24) is 5.32 Å². The first kappa shape index (κ1) is 16.9. The summed E-state index contributed by atoms with van der Waals surface area (Å²) in [5, 5.41) is 12.4. The Bertz CT molecular complexity index is 687. The van der Waals surface area contributed by atoms with Crippen LogP contribution in [0.15, 0.2) is 42.5 Å². The molecule has 0 fully saturated rings. The Labute approximate surface area is 133 Å². The SMILES string of the molecule is CN(C)c1ccc(C(=O)NC[C@H](O)c2ccc(F)cc2F)cc1. The highest BCUT2D eigenvalue weighted by atomic mass is 19.1. The molecular formula is C17H18F2N2O2. The molecule has 6 heteroatoms. The van der Waals surface area contributed by atoms with Gasteiger partial charge in [-0.15, -0.1) is 0 Å². The molecule has 2 rings (SSSR count). The Hall–Kier alpha value is -2.47. The summed E-state index contributed by atoms with van der Waals surface area (Å²) in [5.74, 6) is -1.94. The van der Waals surface area contributed by atoms with Crippen molar-refractivity contribution in [1.29, 1.82) is 0 Å². The third-order valence-corrected chi connectivity index (χ3v) is 3.42. The molecule has 1 atom stereocenters. The Morgan fingerprint density at radius 1 is 1.17 bits per heavy atom. The first-order valence-electron chi connectivity index (χ1n) is 7.07. The third-order valence-electron chi connectivity index (χ3n) is 3.42. The standard InChI is InChI=1S/C17H18F2N2O2/c1-21(2)13-6-3-11(4-7-13)17(23)20-10-16(22)14-8-5-12(18)9-15(14)19/h3-9,16,22H,10H2,1-2H3,(H,20,23)/t16-/m0/s1. The predicted octanol–water partition coefficient (Wildman–Crippen LogP) is 2.49. The highest BCUT2D eigenvalue weighted by molar-refractivity contribution is 5.94. The van der Waals surface area contributed by atoms with Crippen molar-refractivity contribution < 1.29 is 18.7 Å².